The number of aryl methyl sites for hydroxylation is 1. The second-order valence-electron chi connectivity index (χ2n) is 13.9. The van der Waals surface area contributed by atoms with Crippen LogP contribution >= 0.6 is 0 Å². The van der Waals surface area contributed by atoms with Crippen LogP contribution < -0.4 is 10.2 Å². The molecule has 1 saturated heterocycles. The standard InChI is InChI=1S/C37H42F3N7O2/c1-5-13-44(3)14-8-12-33(48)42-28-10-7-15-46(22-28)21-26-16-30-31(32(17-26)37(38,39)40)23-47(34(30)49)29-11-6-9-27(18-29)36(19-25(2)20-36)35-43-41-24-45(35)4/h1,6,8-9,11-12,16-18,24-25,28H,7,10,13-15,19-23H2,2-4H3,(H,42,48)/b12-8+/t25?,28-,36?/m0/s1. The Morgan fingerprint density at radius 2 is 2.04 bits per heavy atom. The predicted octanol–water partition coefficient (Wildman–Crippen LogP) is 4.91. The molecule has 1 N–H and O–H groups in total. The van der Waals surface area contributed by atoms with Crippen LogP contribution in [0.4, 0.5) is 18.9 Å². The zero-order chi connectivity index (χ0) is 34.9. The lowest BCUT2D eigenvalue weighted by Gasteiger charge is -2.46. The summed E-state index contributed by atoms with van der Waals surface area (Å²) in [6, 6.07) is 10.2. The minimum Gasteiger partial charge on any atom is -0.349 e. The third-order valence-electron chi connectivity index (χ3n) is 9.96. The summed E-state index contributed by atoms with van der Waals surface area (Å²) in [6.07, 6.45) is 8.87. The number of amides is 2. The van der Waals surface area contributed by atoms with Crippen molar-refractivity contribution in [2.75, 3.05) is 38.1 Å². The molecule has 1 atom stereocenters. The minimum atomic E-state index is -4.63. The van der Waals surface area contributed by atoms with Crippen LogP contribution in [0.2, 0.25) is 0 Å². The Morgan fingerprint density at radius 1 is 1.24 bits per heavy atom. The Hall–Kier alpha value is -4.47. The molecule has 3 heterocycles. The monoisotopic (exact) mass is 673 g/mol. The van der Waals surface area contributed by atoms with Crippen molar-refractivity contribution >= 4 is 17.5 Å². The molecular weight excluding hydrogens is 631 g/mol. The molecule has 0 spiro atoms. The van der Waals surface area contributed by atoms with Gasteiger partial charge in [-0.1, -0.05) is 31.1 Å². The van der Waals surface area contributed by atoms with Gasteiger partial charge in [0.1, 0.15) is 12.2 Å². The van der Waals surface area contributed by atoms with Crippen molar-refractivity contribution < 1.29 is 22.8 Å². The maximum Gasteiger partial charge on any atom is 0.416 e. The Balaban J connectivity index is 1.19. The number of aromatic nitrogens is 3. The number of likely N-dealkylation sites (N-methyl/N-ethyl adjacent to an activating group) is 1. The number of fused-ring (bicyclic) bond motifs is 1. The quantitative estimate of drug-likeness (QED) is 0.243. The van der Waals surface area contributed by atoms with E-state index in [0.717, 1.165) is 37.1 Å². The number of rotatable bonds is 10. The first kappa shape index (κ1) is 34.4. The summed E-state index contributed by atoms with van der Waals surface area (Å²) < 4.78 is 45.5. The van der Waals surface area contributed by atoms with Crippen LogP contribution in [0.1, 0.15) is 71.0 Å². The van der Waals surface area contributed by atoms with Crippen LogP contribution in [0.25, 0.3) is 0 Å². The smallest absolute Gasteiger partial charge is 0.349 e. The maximum atomic E-state index is 14.5. The fraction of sp³-hybridized carbons (Fsp3) is 0.459. The van der Waals surface area contributed by atoms with E-state index in [4.69, 9.17) is 6.42 Å². The molecule has 3 aliphatic rings. The topological polar surface area (TPSA) is 86.6 Å². The molecule has 0 unspecified atom stereocenters. The predicted molar refractivity (Wildman–Crippen MR) is 180 cm³/mol. The molecule has 9 nitrogen and oxygen atoms in total. The van der Waals surface area contributed by atoms with E-state index in [1.165, 1.54) is 17.0 Å². The van der Waals surface area contributed by atoms with E-state index in [1.807, 2.05) is 46.7 Å². The lowest BCUT2D eigenvalue weighted by atomic mass is 9.58. The fourth-order valence-electron chi connectivity index (χ4n) is 7.77. The molecule has 3 aromatic rings. The van der Waals surface area contributed by atoms with Gasteiger partial charge in [-0.2, -0.15) is 13.2 Å². The van der Waals surface area contributed by atoms with Crippen LogP contribution in [0.15, 0.2) is 54.9 Å². The number of hydrogen-bond donors (Lipinski definition) is 1. The molecule has 258 valence electrons. The van der Waals surface area contributed by atoms with Crippen molar-refractivity contribution in [1.82, 2.24) is 29.9 Å². The van der Waals surface area contributed by atoms with Gasteiger partial charge in [0, 0.05) is 50.1 Å². The number of terminal acetylenes is 1. The van der Waals surface area contributed by atoms with E-state index in [2.05, 4.69) is 28.4 Å². The zero-order valence-electron chi connectivity index (χ0n) is 28.1. The lowest BCUT2D eigenvalue weighted by Crippen LogP contribution is -2.47. The summed E-state index contributed by atoms with van der Waals surface area (Å²) in [5.74, 6) is 3.20. The normalized spacial score (nSPS) is 22.7. The van der Waals surface area contributed by atoms with Crippen molar-refractivity contribution in [2.24, 2.45) is 13.0 Å². The van der Waals surface area contributed by atoms with Crippen molar-refractivity contribution in [2.45, 2.75) is 63.3 Å². The number of halogens is 3. The van der Waals surface area contributed by atoms with Crippen LogP contribution in [-0.4, -0.2) is 75.6 Å². The number of anilines is 1. The highest BCUT2D eigenvalue weighted by Crippen LogP contribution is 2.52. The van der Waals surface area contributed by atoms with Gasteiger partial charge in [-0.25, -0.2) is 0 Å². The molecule has 49 heavy (non-hydrogen) atoms. The Labute approximate surface area is 285 Å². The van der Waals surface area contributed by atoms with Crippen molar-refractivity contribution in [3.8, 4) is 12.3 Å². The molecule has 2 fully saturated rings. The van der Waals surface area contributed by atoms with E-state index in [9.17, 15) is 22.8 Å². The molecular formula is C37H42F3N7O2. The van der Waals surface area contributed by atoms with Gasteiger partial charge in [0.2, 0.25) is 5.91 Å². The van der Waals surface area contributed by atoms with Gasteiger partial charge < -0.3 is 14.8 Å². The zero-order valence-corrected chi connectivity index (χ0v) is 28.1. The molecule has 2 aromatic carbocycles. The summed E-state index contributed by atoms with van der Waals surface area (Å²) in [5, 5.41) is 11.5. The van der Waals surface area contributed by atoms with E-state index in [0.29, 0.717) is 43.3 Å². The number of carbonyl (C=O) groups excluding carboxylic acids is 2. The average molecular weight is 674 g/mol. The second-order valence-corrected chi connectivity index (χ2v) is 13.9. The molecule has 1 saturated carbocycles. The summed E-state index contributed by atoms with van der Waals surface area (Å²) in [7, 11) is 3.77. The average Bonchev–Trinajstić information content (AvgIpc) is 3.61. The number of piperidine rings is 1. The molecule has 0 radical (unpaired) electrons. The molecule has 0 bridgehead atoms. The van der Waals surface area contributed by atoms with E-state index >= 15 is 0 Å². The van der Waals surface area contributed by atoms with Gasteiger partial charge >= 0.3 is 6.18 Å². The van der Waals surface area contributed by atoms with Crippen LogP contribution in [0.3, 0.4) is 0 Å². The number of carbonyl (C=O) groups is 2. The number of benzene rings is 2. The molecule has 2 aliphatic heterocycles. The van der Waals surface area contributed by atoms with Gasteiger partial charge in [0.15, 0.2) is 0 Å². The summed E-state index contributed by atoms with van der Waals surface area (Å²) >= 11 is 0. The van der Waals surface area contributed by atoms with E-state index in [-0.39, 0.29) is 41.6 Å². The van der Waals surface area contributed by atoms with Crippen LogP contribution in [0.5, 0.6) is 0 Å². The molecule has 1 aliphatic carbocycles. The van der Waals surface area contributed by atoms with Crippen molar-refractivity contribution in [1.29, 1.82) is 0 Å². The number of likely N-dealkylation sites (tertiary alicyclic amines) is 1. The fourth-order valence-corrected chi connectivity index (χ4v) is 7.77. The van der Waals surface area contributed by atoms with E-state index < -0.39 is 17.6 Å². The molecule has 6 rings (SSSR count). The number of hydrogen-bond acceptors (Lipinski definition) is 6. The maximum absolute atomic E-state index is 14.5. The number of alkyl halides is 3. The van der Waals surface area contributed by atoms with Gasteiger partial charge in [-0.05, 0) is 86.1 Å². The summed E-state index contributed by atoms with van der Waals surface area (Å²) in [4.78, 5) is 31.8. The second kappa shape index (κ2) is 13.8. The highest BCUT2D eigenvalue weighted by molar-refractivity contribution is 6.10. The van der Waals surface area contributed by atoms with Crippen molar-refractivity contribution in [3.05, 3.63) is 88.5 Å². The largest absolute Gasteiger partial charge is 0.416 e. The van der Waals surface area contributed by atoms with Crippen LogP contribution in [0, 0.1) is 18.3 Å². The highest BCUT2D eigenvalue weighted by atomic mass is 19.4. The third kappa shape index (κ3) is 7.14. The Morgan fingerprint density at radius 3 is 2.73 bits per heavy atom. The van der Waals surface area contributed by atoms with Gasteiger partial charge in [-0.3, -0.25) is 19.4 Å². The van der Waals surface area contributed by atoms with Gasteiger partial charge in [-0.15, -0.1) is 16.6 Å². The number of nitrogens with zero attached hydrogens (tertiary/aromatic N) is 6. The highest BCUT2D eigenvalue weighted by Gasteiger charge is 2.48. The third-order valence-corrected chi connectivity index (χ3v) is 9.96. The molecule has 12 heteroatoms. The minimum absolute atomic E-state index is 0.00426. The Kier molecular flexibility index (Phi) is 9.69. The van der Waals surface area contributed by atoms with Crippen molar-refractivity contribution in [3.63, 3.8) is 0 Å². The summed E-state index contributed by atoms with van der Waals surface area (Å²) in [6.45, 7) is 4.43. The van der Waals surface area contributed by atoms with Gasteiger partial charge in [0.05, 0.1) is 24.1 Å². The first-order valence-corrected chi connectivity index (χ1v) is 16.7. The van der Waals surface area contributed by atoms with Gasteiger partial charge in [0.25, 0.3) is 5.91 Å². The summed E-state index contributed by atoms with van der Waals surface area (Å²) in [5.41, 5.74) is 0.869. The Bertz CT molecular complexity index is 1790. The molecule has 2 amide bonds. The van der Waals surface area contributed by atoms with E-state index in [1.54, 1.807) is 24.5 Å². The number of nitrogens with one attached hydrogen (secondary N) is 1. The first-order chi connectivity index (χ1) is 23.4. The SMILES string of the molecule is C#CCN(C)C/C=C/C(=O)N[C@H]1CCCN(Cc2cc3c(c(C(F)(F)F)c2)CN(c2cccc(C4(c5nncn5C)CC(C)C4)c2)C3=O)C1. The first-order valence-electron chi connectivity index (χ1n) is 16.7. The lowest BCUT2D eigenvalue weighted by molar-refractivity contribution is -0.138. The molecule has 1 aromatic heterocycles. The van der Waals surface area contributed by atoms with Crippen LogP contribution in [-0.2, 0) is 36.5 Å².